The van der Waals surface area contributed by atoms with E-state index in [9.17, 15) is 19.7 Å². The van der Waals surface area contributed by atoms with Crippen molar-refractivity contribution in [3.63, 3.8) is 0 Å². The predicted molar refractivity (Wildman–Crippen MR) is 101 cm³/mol. The van der Waals surface area contributed by atoms with Gasteiger partial charge < -0.3 is 0 Å². The molecule has 1 N–H and O–H groups in total. The van der Waals surface area contributed by atoms with Gasteiger partial charge in [0.15, 0.2) is 0 Å². The lowest BCUT2D eigenvalue weighted by Gasteiger charge is -2.24. The molecule has 2 aromatic rings. The Morgan fingerprint density at radius 1 is 1.04 bits per heavy atom. The first-order valence-electron chi connectivity index (χ1n) is 9.17. The van der Waals surface area contributed by atoms with Crippen molar-refractivity contribution in [3.8, 4) is 0 Å². The predicted octanol–water partition coefficient (Wildman–Crippen LogP) is 2.03. The highest BCUT2D eigenvalue weighted by atomic mass is 16.6. The molecule has 144 valence electrons. The van der Waals surface area contributed by atoms with Crippen molar-refractivity contribution < 1.29 is 14.5 Å². The number of carbonyl (C=O) groups excluding carboxylic acids is 2. The van der Waals surface area contributed by atoms with Crippen molar-refractivity contribution in [2.24, 2.45) is 5.92 Å². The molecule has 2 saturated heterocycles. The van der Waals surface area contributed by atoms with Gasteiger partial charge in [0, 0.05) is 25.2 Å². The summed E-state index contributed by atoms with van der Waals surface area (Å²) in [6.07, 6.45) is 0. The van der Waals surface area contributed by atoms with Crippen LogP contribution in [0.5, 0.6) is 0 Å². The van der Waals surface area contributed by atoms with Gasteiger partial charge in [-0.25, -0.2) is 10.4 Å². The number of hydrazine groups is 1. The maximum absolute atomic E-state index is 12.9. The van der Waals surface area contributed by atoms with Gasteiger partial charge in [-0.3, -0.25) is 24.6 Å². The fourth-order valence-corrected chi connectivity index (χ4v) is 4.05. The Labute approximate surface area is 161 Å². The molecule has 0 aromatic heterocycles. The Kier molecular flexibility index (Phi) is 4.66. The summed E-state index contributed by atoms with van der Waals surface area (Å²) in [5.74, 6) is -0.966. The Bertz CT molecular complexity index is 916. The topological polar surface area (TPSA) is 95.8 Å². The van der Waals surface area contributed by atoms with Crippen LogP contribution in [0, 0.1) is 16.0 Å². The summed E-state index contributed by atoms with van der Waals surface area (Å²) in [4.78, 5) is 37.6. The first kappa shape index (κ1) is 18.3. The Hall–Kier alpha value is -3.10. The molecule has 28 heavy (non-hydrogen) atoms. The number of hydrogen-bond acceptors (Lipinski definition) is 6. The molecule has 8 heteroatoms. The van der Waals surface area contributed by atoms with E-state index < -0.39 is 22.9 Å². The van der Waals surface area contributed by atoms with Gasteiger partial charge >= 0.3 is 0 Å². The molecule has 0 unspecified atom stereocenters. The lowest BCUT2D eigenvalue weighted by molar-refractivity contribution is -0.384. The number of hydrogen-bond donors (Lipinski definition) is 1. The number of likely N-dealkylation sites (tertiary alicyclic amines) is 1. The maximum Gasteiger partial charge on any atom is 0.269 e. The van der Waals surface area contributed by atoms with E-state index >= 15 is 0 Å². The van der Waals surface area contributed by atoms with Gasteiger partial charge in [-0.2, -0.15) is 0 Å². The van der Waals surface area contributed by atoms with Crippen molar-refractivity contribution in [2.75, 3.05) is 6.54 Å². The number of nitrogens with zero attached hydrogens (tertiary/aromatic N) is 3. The van der Waals surface area contributed by atoms with Gasteiger partial charge in [0.1, 0.15) is 6.04 Å². The molecule has 8 nitrogen and oxygen atoms in total. The van der Waals surface area contributed by atoms with E-state index in [2.05, 4.69) is 5.43 Å². The number of amides is 2. The highest BCUT2D eigenvalue weighted by Crippen LogP contribution is 2.40. The average Bonchev–Trinajstić information content (AvgIpc) is 3.19. The summed E-state index contributed by atoms with van der Waals surface area (Å²) in [6, 6.07) is 14.8. The minimum absolute atomic E-state index is 0.0107. The zero-order chi connectivity index (χ0) is 19.8. The van der Waals surface area contributed by atoms with Crippen LogP contribution >= 0.6 is 0 Å². The number of likely N-dealkylation sites (N-methyl/N-ethyl adjacent to an activating group) is 1. The maximum atomic E-state index is 12.9. The van der Waals surface area contributed by atoms with Gasteiger partial charge in [-0.1, -0.05) is 42.5 Å². The molecule has 2 heterocycles. The lowest BCUT2D eigenvalue weighted by atomic mass is 9.91. The summed E-state index contributed by atoms with van der Waals surface area (Å²) in [6.45, 7) is 2.59. The quantitative estimate of drug-likeness (QED) is 0.484. The monoisotopic (exact) mass is 380 g/mol. The minimum Gasteiger partial charge on any atom is -0.281 e. The van der Waals surface area contributed by atoms with E-state index in [1.165, 1.54) is 17.0 Å². The Morgan fingerprint density at radius 3 is 2.32 bits per heavy atom. The van der Waals surface area contributed by atoms with Gasteiger partial charge in [-0.05, 0) is 18.1 Å². The molecule has 4 rings (SSSR count). The van der Waals surface area contributed by atoms with Gasteiger partial charge in [-0.15, -0.1) is 0 Å². The number of nitro benzene ring substituents is 1. The van der Waals surface area contributed by atoms with E-state index in [1.807, 2.05) is 35.3 Å². The van der Waals surface area contributed by atoms with Crippen LogP contribution in [-0.4, -0.2) is 39.2 Å². The molecule has 0 aliphatic carbocycles. The van der Waals surface area contributed by atoms with Crippen molar-refractivity contribution >= 4 is 17.5 Å². The number of carbonyl (C=O) groups is 2. The second-order valence-corrected chi connectivity index (χ2v) is 6.96. The molecule has 2 fully saturated rings. The van der Waals surface area contributed by atoms with Crippen LogP contribution in [0.2, 0.25) is 0 Å². The van der Waals surface area contributed by atoms with E-state index in [4.69, 9.17) is 0 Å². The highest BCUT2D eigenvalue weighted by molar-refractivity contribution is 6.07. The van der Waals surface area contributed by atoms with E-state index in [1.54, 1.807) is 19.1 Å². The smallest absolute Gasteiger partial charge is 0.269 e. The zero-order valence-corrected chi connectivity index (χ0v) is 15.3. The standard InChI is InChI=1S/C20H20N4O4/c1-2-22-19(25)16-17(14-8-10-15(11-9-14)24(27)28)21-23(18(16)20(22)26)12-13-6-4-3-5-7-13/h3-11,16-18,21H,2,12H2,1H3/t16-,17+,18-/m1/s1. The van der Waals surface area contributed by atoms with E-state index in [0.29, 0.717) is 13.1 Å². The molecule has 0 radical (unpaired) electrons. The highest BCUT2D eigenvalue weighted by Gasteiger charge is 2.58. The largest absolute Gasteiger partial charge is 0.281 e. The van der Waals surface area contributed by atoms with E-state index in [-0.39, 0.29) is 17.5 Å². The van der Waals surface area contributed by atoms with Crippen LogP contribution in [0.25, 0.3) is 0 Å². The molecule has 3 atom stereocenters. The number of nitro groups is 1. The molecule has 2 amide bonds. The third-order valence-electron chi connectivity index (χ3n) is 5.39. The molecule has 0 saturated carbocycles. The molecule has 2 aromatic carbocycles. The first-order chi connectivity index (χ1) is 13.5. The summed E-state index contributed by atoms with van der Waals surface area (Å²) in [5.41, 5.74) is 5.06. The first-order valence-corrected chi connectivity index (χ1v) is 9.17. The van der Waals surface area contributed by atoms with Gasteiger partial charge in [0.25, 0.3) is 5.69 Å². The van der Waals surface area contributed by atoms with Crippen LogP contribution in [0.3, 0.4) is 0 Å². The second kappa shape index (κ2) is 7.14. The van der Waals surface area contributed by atoms with Gasteiger partial charge in [0.2, 0.25) is 11.8 Å². The summed E-state index contributed by atoms with van der Waals surface area (Å²) in [7, 11) is 0. The normalized spacial score (nSPS) is 24.6. The number of fused-ring (bicyclic) bond motifs is 1. The van der Waals surface area contributed by atoms with Crippen LogP contribution in [0.4, 0.5) is 5.69 Å². The Morgan fingerprint density at radius 2 is 1.71 bits per heavy atom. The van der Waals surface area contributed by atoms with Gasteiger partial charge in [0.05, 0.1) is 16.9 Å². The summed E-state index contributed by atoms with van der Waals surface area (Å²) < 4.78 is 0. The molecule has 2 aliphatic heterocycles. The van der Waals surface area contributed by atoms with Crippen molar-refractivity contribution in [1.82, 2.24) is 15.3 Å². The lowest BCUT2D eigenvalue weighted by Crippen LogP contribution is -2.44. The number of benzene rings is 2. The number of non-ortho nitro benzene ring substituents is 1. The van der Waals surface area contributed by atoms with Crippen molar-refractivity contribution in [1.29, 1.82) is 0 Å². The zero-order valence-electron chi connectivity index (χ0n) is 15.3. The fourth-order valence-electron chi connectivity index (χ4n) is 4.05. The van der Waals surface area contributed by atoms with Crippen LogP contribution < -0.4 is 5.43 Å². The SMILES string of the molecule is CCN1C(=O)[C@@H]2[C@H](c3ccc([N+](=O)[O-])cc3)NN(Cc3ccccc3)[C@H]2C1=O. The van der Waals surface area contributed by atoms with E-state index in [0.717, 1.165) is 11.1 Å². The Balaban J connectivity index is 1.68. The van der Waals surface area contributed by atoms with Crippen LogP contribution in [0.1, 0.15) is 24.1 Å². The summed E-state index contributed by atoms with van der Waals surface area (Å²) >= 11 is 0. The third-order valence-corrected chi connectivity index (χ3v) is 5.39. The number of imide groups is 1. The molecular weight excluding hydrogens is 360 g/mol. The molecule has 2 aliphatic rings. The van der Waals surface area contributed by atoms with Crippen LogP contribution in [0.15, 0.2) is 54.6 Å². The number of rotatable bonds is 5. The van der Waals surface area contributed by atoms with Crippen molar-refractivity contribution in [2.45, 2.75) is 25.6 Å². The second-order valence-electron chi connectivity index (χ2n) is 6.96. The van der Waals surface area contributed by atoms with Crippen molar-refractivity contribution in [3.05, 3.63) is 75.8 Å². The molecule has 0 bridgehead atoms. The third kappa shape index (κ3) is 2.96. The minimum atomic E-state index is -0.590. The fraction of sp³-hybridized carbons (Fsp3) is 0.300. The molecule has 0 spiro atoms. The summed E-state index contributed by atoms with van der Waals surface area (Å²) in [5, 5.41) is 12.7. The number of nitrogens with one attached hydrogen (secondary N) is 1. The average molecular weight is 380 g/mol. The van der Waals surface area contributed by atoms with Crippen LogP contribution in [-0.2, 0) is 16.1 Å². The molecular formula is C20H20N4O4.